The van der Waals surface area contributed by atoms with E-state index in [2.05, 4.69) is 127 Å². The Labute approximate surface area is 807 Å². The summed E-state index contributed by atoms with van der Waals surface area (Å²) in [6.07, 6.45) is -23.7. The fourth-order valence-corrected chi connectivity index (χ4v) is 18.8. The number of phosphoric ester groups is 2. The largest absolute Gasteiger partial charge is 0.756 e. The molecule has 138 heavy (non-hydrogen) atoms. The molecule has 7 heterocycles. The maximum absolute atomic E-state index is 13.3. The Morgan fingerprint density at radius 3 is 1.03 bits per heavy atom. The van der Waals surface area contributed by atoms with Crippen molar-refractivity contribution in [1.29, 1.82) is 0 Å². The first-order valence-corrected chi connectivity index (χ1v) is 50.3. The van der Waals surface area contributed by atoms with Gasteiger partial charge in [-0.3, -0.25) is 18.4 Å². The zero-order valence-electron chi connectivity index (χ0n) is 81.1. The molecule has 37 atom stereocenters. The monoisotopic (exact) mass is 2020 g/mol. The molecule has 0 bridgehead atoms. The van der Waals surface area contributed by atoms with E-state index in [0.717, 1.165) is 110 Å². The Hall–Kier alpha value is -4.19. The van der Waals surface area contributed by atoms with Crippen LogP contribution in [0.2, 0.25) is 0 Å². The van der Waals surface area contributed by atoms with Crippen molar-refractivity contribution in [3.63, 3.8) is 0 Å². The number of ether oxygens (including phenoxy) is 13. The quantitative estimate of drug-likeness (QED) is 0.0302. The second kappa shape index (κ2) is 59.0. The molecular weight excluding hydrogens is 1860 g/mol. The van der Waals surface area contributed by atoms with Gasteiger partial charge in [0.2, 0.25) is 5.91 Å². The van der Waals surface area contributed by atoms with Crippen LogP contribution in [0.15, 0.2) is 116 Å². The fourth-order valence-electron chi connectivity index (χ4n) is 16.8. The topological polar surface area (TPSA) is 662 Å². The highest BCUT2D eigenvalue weighted by atomic mass is 31.3. The zero-order chi connectivity index (χ0) is 102. The van der Waals surface area contributed by atoms with Crippen LogP contribution in [0.5, 0.6) is 0 Å². The Morgan fingerprint density at radius 1 is 0.355 bits per heavy atom. The number of rotatable bonds is 58. The van der Waals surface area contributed by atoms with Crippen LogP contribution in [0, 0.1) is 0 Å². The lowest BCUT2D eigenvalue weighted by Crippen LogP contribution is -2.67. The molecule has 7 aliphatic heterocycles. The highest BCUT2D eigenvalue weighted by Crippen LogP contribution is 2.57. The summed E-state index contributed by atoms with van der Waals surface area (Å²) in [6.45, 7) is 19.4. The smallest absolute Gasteiger partial charge is 0.276 e. The minimum atomic E-state index is -6.10. The Bertz CT molecular complexity index is 4100. The molecular formula is C94H155NO41P2-2. The summed E-state index contributed by atoms with van der Waals surface area (Å²) >= 11 is 0. The first-order valence-electron chi connectivity index (χ1n) is 47.4. The summed E-state index contributed by atoms with van der Waals surface area (Å²) < 4.78 is 113. The average Bonchev–Trinajstić information content (AvgIpc) is 1.03. The number of amides is 1. The Kier molecular flexibility index (Phi) is 51.6. The molecule has 7 rings (SSSR count). The third kappa shape index (κ3) is 37.3. The molecule has 7 saturated heterocycles. The number of hydrogen-bond acceptors (Lipinski definition) is 41. The van der Waals surface area contributed by atoms with Crippen LogP contribution < -0.4 is 15.1 Å². The summed E-state index contributed by atoms with van der Waals surface area (Å²) in [5.74, 6) is -0.942. The molecule has 44 heteroatoms. The standard InChI is InChI=1S/C94H157NO41P2/c1-49(2)23-14-24-50(3)25-15-26-51(4)27-16-28-52(5)29-17-30-53(6)31-18-32-54(7)33-19-34-55(8)35-20-36-56(9)37-21-38-57(10)39-22-40-58(11)41-42-123-137(117,118)136-138(119,120)135-88-67(95-60(13)100)68(104)85(64(44-97)125-88)133-91-77(113)69(105)81(59(12)124-91)128-94-80(116)74(110)87(134-94)66(46-99)127-93-79(115)72(108)84(131-93)63(103)48-122-90-76(112)73(109)86(132-90)65(45-98)126-92-78(114)71(107)83(130-92)62(102)47-121-89-75(111)70(106)82(129-89)61(101)43-96/h23,25,27,29,31,33,35,37,39,41,59,61-94,96-99,101-116H,14-22,24,26,28,30,32,34,36,38,40,42-48H2,1-13H3,(H,95,100)(H,117,118)(H,119,120)/p-2/b50-25+,51-27-,52-29-,53-31-,54-33-,55-35-,56-37-,57-39-,58-41-/t59-,61+,62+,63+,64+,65+,66+,67+,68+,69-,70+,71+,72+,73+,74+,75+,76+,77+,78+,79+,80+,81-,82?,83?,84?,85+,86?,87?,88-,89+,90+,91-,92+,93+,94+/m0/s1. The van der Waals surface area contributed by atoms with Gasteiger partial charge in [-0.1, -0.05) is 116 Å². The van der Waals surface area contributed by atoms with Gasteiger partial charge in [-0.25, -0.2) is 4.31 Å². The number of hydrogen-bond donors (Lipinski definition) is 21. The Balaban J connectivity index is 0.784. The minimum absolute atomic E-state index is 0.508. The SMILES string of the molecule is CC(=O)N[C@H]1[C@H](OP(=O)([O-])OP(=O)([O-])OC/C=C(/C)CC/C=C(/C)CC/C=C(/C)CC/C=C(/C)CC/C=C(/C)CC/C=C(/C)CC/C=C(/C)CC/C=C(/C)CC/C=C(\C)CCC=C(C)C)O[C@H](CO)[C@@H](O[C@@H]2O[C@@H](C)[C@H](O[C@@H]3OC([C@@H](CO)O[C@@H]4OC([C@H](O)CO[C@@H]5OC([C@@H](CO)O[C@@H]6OC([C@H](O)CO[C@@H]7OC([C@H](O)CO)[C@H](O)[C@H]7O)[C@H](O)[C@H]6O)[C@H](O)[C@H]5O)[C@H](O)[C@H]4O)[C@H](O)[C@H]3O)[C@@H](O)[C@H]2O)[C@@H]1O. The van der Waals surface area contributed by atoms with Crippen molar-refractivity contribution >= 4 is 21.6 Å². The zero-order valence-corrected chi connectivity index (χ0v) is 82.9. The van der Waals surface area contributed by atoms with Crippen molar-refractivity contribution in [3.05, 3.63) is 116 Å². The van der Waals surface area contributed by atoms with Gasteiger partial charge in [-0.05, 0) is 199 Å². The van der Waals surface area contributed by atoms with Crippen molar-refractivity contribution in [1.82, 2.24) is 5.32 Å². The van der Waals surface area contributed by atoms with Gasteiger partial charge in [-0.2, -0.15) is 0 Å². The summed E-state index contributed by atoms with van der Waals surface area (Å²) in [5, 5.41) is 218. The molecule has 7 fully saturated rings. The molecule has 7 aliphatic rings. The van der Waals surface area contributed by atoms with Gasteiger partial charge in [0.1, 0.15) is 165 Å². The van der Waals surface area contributed by atoms with Crippen molar-refractivity contribution < 1.29 is 201 Å². The van der Waals surface area contributed by atoms with E-state index in [0.29, 0.717) is 18.4 Å². The summed E-state index contributed by atoms with van der Waals surface area (Å²) in [5.41, 5.74) is 13.2. The lowest BCUT2D eigenvalue weighted by Gasteiger charge is -2.48. The predicted octanol–water partition coefficient (Wildman–Crippen LogP) is 1.39. The lowest BCUT2D eigenvalue weighted by molar-refractivity contribution is -0.356. The number of carbonyl (C=O) groups excluding carboxylic acids is 1. The highest BCUT2D eigenvalue weighted by Gasteiger charge is 2.58. The van der Waals surface area contributed by atoms with Gasteiger partial charge in [0.25, 0.3) is 15.6 Å². The third-order valence-corrected chi connectivity index (χ3v) is 27.7. The molecule has 0 saturated carbocycles. The van der Waals surface area contributed by atoms with E-state index < -0.39 is 283 Å². The summed E-state index contributed by atoms with van der Waals surface area (Å²) in [4.78, 5) is 38.8. The number of carbonyl (C=O) groups is 1. The number of phosphoric acid groups is 2. The predicted molar refractivity (Wildman–Crippen MR) is 489 cm³/mol. The molecule has 0 radical (unpaired) electrons. The van der Waals surface area contributed by atoms with Crippen LogP contribution in [0.25, 0.3) is 0 Å². The van der Waals surface area contributed by atoms with Crippen LogP contribution in [0.3, 0.4) is 0 Å². The normalized spacial score (nSPS) is 35.6. The van der Waals surface area contributed by atoms with Crippen LogP contribution in [-0.2, 0) is 88.9 Å². The summed E-state index contributed by atoms with van der Waals surface area (Å²) in [7, 11) is -11.8. The van der Waals surface area contributed by atoms with Crippen molar-refractivity contribution in [3.8, 4) is 0 Å². The van der Waals surface area contributed by atoms with E-state index in [9.17, 15) is 126 Å². The van der Waals surface area contributed by atoms with Gasteiger partial charge >= 0.3 is 0 Å². The van der Waals surface area contributed by atoms with E-state index in [1.165, 1.54) is 63.2 Å². The molecule has 1 amide bonds. The van der Waals surface area contributed by atoms with Gasteiger partial charge in [0.05, 0.1) is 52.4 Å². The highest BCUT2D eigenvalue weighted by molar-refractivity contribution is 7.59. The molecule has 0 aromatic carbocycles. The van der Waals surface area contributed by atoms with E-state index in [1.807, 2.05) is 6.92 Å². The molecule has 0 aliphatic carbocycles. The number of aliphatic hydroxyl groups is 20. The number of allylic oxidation sites excluding steroid dienone is 19. The van der Waals surface area contributed by atoms with Crippen LogP contribution in [0.4, 0.5) is 0 Å². The minimum Gasteiger partial charge on any atom is -0.756 e. The molecule has 0 aromatic rings. The van der Waals surface area contributed by atoms with Crippen molar-refractivity contribution in [2.45, 2.75) is 420 Å². The average molecular weight is 2020 g/mol. The van der Waals surface area contributed by atoms with Gasteiger partial charge < -0.3 is 183 Å². The van der Waals surface area contributed by atoms with E-state index >= 15 is 0 Å². The van der Waals surface area contributed by atoms with E-state index in [4.69, 9.17) is 70.6 Å². The van der Waals surface area contributed by atoms with Gasteiger partial charge in [0, 0.05) is 6.92 Å². The number of aliphatic hydroxyl groups excluding tert-OH is 20. The fraction of sp³-hybridized carbons (Fsp3) is 0.777. The maximum Gasteiger partial charge on any atom is 0.276 e. The first kappa shape index (κ1) is 121. The molecule has 21 N–H and O–H groups in total. The van der Waals surface area contributed by atoms with Crippen molar-refractivity contribution in [2.75, 3.05) is 46.2 Å². The van der Waals surface area contributed by atoms with Gasteiger partial charge in [-0.15, -0.1) is 0 Å². The van der Waals surface area contributed by atoms with Crippen LogP contribution >= 0.6 is 15.6 Å². The summed E-state index contributed by atoms with van der Waals surface area (Å²) in [6, 6.07) is -1.99. The maximum atomic E-state index is 13.3. The molecule has 794 valence electrons. The second-order valence-corrected chi connectivity index (χ2v) is 40.2. The lowest BCUT2D eigenvalue weighted by atomic mass is 9.95. The Morgan fingerprint density at radius 2 is 0.667 bits per heavy atom. The molecule has 0 spiro atoms. The van der Waals surface area contributed by atoms with Crippen LogP contribution in [-0.4, -0.2) is 369 Å². The second-order valence-electron chi connectivity index (χ2n) is 37.3. The third-order valence-electron chi connectivity index (χ3n) is 25.2. The molecule has 7 unspecified atom stereocenters. The van der Waals surface area contributed by atoms with E-state index in [1.54, 1.807) is 6.92 Å². The molecule has 0 aromatic heterocycles. The van der Waals surface area contributed by atoms with Gasteiger partial charge in [0.15, 0.2) is 44.0 Å². The number of nitrogens with one attached hydrogen (secondary N) is 1. The van der Waals surface area contributed by atoms with E-state index in [-0.39, 0.29) is 0 Å². The molecule has 42 nitrogen and oxygen atoms in total. The van der Waals surface area contributed by atoms with Crippen molar-refractivity contribution in [2.24, 2.45) is 0 Å². The van der Waals surface area contributed by atoms with Crippen LogP contribution in [0.1, 0.15) is 206 Å². The first-order chi connectivity index (χ1) is 65.1.